The fraction of sp³-hybridized carbons (Fsp3) is 0.458. The molecule has 1 aromatic carbocycles. The number of aromatic nitrogens is 1. The molecule has 1 fully saturated rings. The molecule has 1 aliphatic rings. The molecular weight excluding hydrogens is 394 g/mol. The summed E-state index contributed by atoms with van der Waals surface area (Å²) < 4.78 is 4.82. The van der Waals surface area contributed by atoms with Gasteiger partial charge in [-0.2, -0.15) is 0 Å². The molecule has 2 aromatic rings. The Labute approximate surface area is 183 Å². The minimum atomic E-state index is -0.444. The van der Waals surface area contributed by atoms with Gasteiger partial charge in [-0.15, -0.1) is 0 Å². The highest BCUT2D eigenvalue weighted by atomic mass is 16.5. The van der Waals surface area contributed by atoms with Gasteiger partial charge < -0.3 is 19.9 Å². The van der Waals surface area contributed by atoms with E-state index in [9.17, 15) is 14.4 Å². The molecule has 3 rings (SSSR count). The number of rotatable bonds is 6. The van der Waals surface area contributed by atoms with Gasteiger partial charge in [-0.1, -0.05) is 24.3 Å². The first-order valence-corrected chi connectivity index (χ1v) is 10.7. The number of hydrogen-bond acceptors (Lipinski definition) is 4. The van der Waals surface area contributed by atoms with Gasteiger partial charge in [-0.3, -0.25) is 9.59 Å². The van der Waals surface area contributed by atoms with Crippen LogP contribution in [0.2, 0.25) is 0 Å². The number of amides is 2. The number of likely N-dealkylation sites (tertiary alicyclic amines) is 1. The Morgan fingerprint density at radius 2 is 1.81 bits per heavy atom. The number of nitrogens with zero attached hydrogens (tertiary/aromatic N) is 1. The lowest BCUT2D eigenvalue weighted by Gasteiger charge is -2.31. The predicted octanol–water partition coefficient (Wildman–Crippen LogP) is 3.29. The van der Waals surface area contributed by atoms with Crippen LogP contribution in [0.4, 0.5) is 0 Å². The maximum absolute atomic E-state index is 13.0. The van der Waals surface area contributed by atoms with E-state index in [4.69, 9.17) is 4.74 Å². The SMILES string of the molecule is COC(=O)c1c(C)[nH]c(C(=O)N2CCC(CC(=O)NCc3ccccc3C)CC2)c1C. The smallest absolute Gasteiger partial charge is 0.339 e. The molecular formula is C24H31N3O4. The lowest BCUT2D eigenvalue weighted by Crippen LogP contribution is -2.40. The molecule has 2 N–H and O–H groups in total. The zero-order valence-corrected chi connectivity index (χ0v) is 18.7. The third-order valence-corrected chi connectivity index (χ3v) is 6.15. The van der Waals surface area contributed by atoms with Crippen LogP contribution < -0.4 is 5.32 Å². The number of ether oxygens (including phenoxy) is 1. The van der Waals surface area contributed by atoms with Crippen LogP contribution in [0.5, 0.6) is 0 Å². The second kappa shape index (κ2) is 9.81. The molecule has 1 aliphatic heterocycles. The second-order valence-electron chi connectivity index (χ2n) is 8.26. The van der Waals surface area contributed by atoms with Crippen LogP contribution in [-0.2, 0) is 16.1 Å². The van der Waals surface area contributed by atoms with Gasteiger partial charge in [-0.25, -0.2) is 4.79 Å². The minimum absolute atomic E-state index is 0.0478. The maximum atomic E-state index is 13.0. The van der Waals surface area contributed by atoms with Crippen molar-refractivity contribution < 1.29 is 19.1 Å². The highest BCUT2D eigenvalue weighted by molar-refractivity contribution is 6.00. The predicted molar refractivity (Wildman–Crippen MR) is 118 cm³/mol. The zero-order valence-electron chi connectivity index (χ0n) is 18.7. The van der Waals surface area contributed by atoms with E-state index in [2.05, 4.69) is 10.3 Å². The molecule has 7 nitrogen and oxygen atoms in total. The minimum Gasteiger partial charge on any atom is -0.465 e. The number of H-pyrrole nitrogens is 1. The summed E-state index contributed by atoms with van der Waals surface area (Å²) in [6.45, 7) is 7.29. The molecule has 7 heteroatoms. The monoisotopic (exact) mass is 425 g/mol. The number of aromatic amines is 1. The number of piperidine rings is 1. The normalized spacial score (nSPS) is 14.4. The number of aryl methyl sites for hydroxylation is 2. The van der Waals surface area contributed by atoms with E-state index in [1.54, 1.807) is 18.7 Å². The zero-order chi connectivity index (χ0) is 22.5. The number of carbonyl (C=O) groups is 3. The summed E-state index contributed by atoms with van der Waals surface area (Å²) in [6, 6.07) is 8.02. The van der Waals surface area contributed by atoms with E-state index in [0.717, 1.165) is 18.4 Å². The molecule has 0 atom stereocenters. The molecule has 1 aromatic heterocycles. The number of esters is 1. The Balaban J connectivity index is 1.51. The lowest BCUT2D eigenvalue weighted by atomic mass is 9.93. The second-order valence-corrected chi connectivity index (χ2v) is 8.26. The molecule has 0 unspecified atom stereocenters. The van der Waals surface area contributed by atoms with Crippen LogP contribution in [0.25, 0.3) is 0 Å². The maximum Gasteiger partial charge on any atom is 0.339 e. The molecule has 0 spiro atoms. The van der Waals surface area contributed by atoms with Gasteiger partial charge in [0.1, 0.15) is 5.69 Å². The Bertz CT molecular complexity index is 971. The van der Waals surface area contributed by atoms with Crippen LogP contribution in [0.3, 0.4) is 0 Å². The first-order valence-electron chi connectivity index (χ1n) is 10.7. The van der Waals surface area contributed by atoms with Crippen LogP contribution in [0.15, 0.2) is 24.3 Å². The highest BCUT2D eigenvalue weighted by Gasteiger charge is 2.29. The number of nitrogens with one attached hydrogen (secondary N) is 2. The van der Waals surface area contributed by atoms with Crippen molar-refractivity contribution in [1.82, 2.24) is 15.2 Å². The van der Waals surface area contributed by atoms with E-state index >= 15 is 0 Å². The molecule has 0 radical (unpaired) electrons. The molecule has 166 valence electrons. The standard InChI is InChI=1S/C24H31N3O4/c1-15-7-5-6-8-19(15)14-25-20(28)13-18-9-11-27(12-10-18)23(29)22-16(2)21(17(3)26-22)24(30)31-4/h5-8,18,26H,9-14H2,1-4H3,(H,25,28). The van der Waals surface area contributed by atoms with Gasteiger partial charge in [0.15, 0.2) is 0 Å². The Kier molecular flexibility index (Phi) is 7.15. The van der Waals surface area contributed by atoms with Crippen molar-refractivity contribution in [2.75, 3.05) is 20.2 Å². The summed E-state index contributed by atoms with van der Waals surface area (Å²) in [5, 5.41) is 3.01. The summed E-state index contributed by atoms with van der Waals surface area (Å²) in [4.78, 5) is 42.2. The Hall–Kier alpha value is -3.09. The number of carbonyl (C=O) groups excluding carboxylic acids is 3. The highest BCUT2D eigenvalue weighted by Crippen LogP contribution is 2.25. The first kappa shape index (κ1) is 22.6. The molecule has 0 bridgehead atoms. The molecule has 2 amide bonds. The summed E-state index contributed by atoms with van der Waals surface area (Å²) in [5.74, 6) is -0.247. The van der Waals surface area contributed by atoms with Crippen molar-refractivity contribution in [1.29, 1.82) is 0 Å². The third-order valence-electron chi connectivity index (χ3n) is 6.15. The van der Waals surface area contributed by atoms with Gasteiger partial charge >= 0.3 is 5.97 Å². The van der Waals surface area contributed by atoms with E-state index in [-0.39, 0.29) is 17.7 Å². The Morgan fingerprint density at radius 3 is 2.45 bits per heavy atom. The van der Waals surface area contributed by atoms with E-state index in [1.165, 1.54) is 12.7 Å². The van der Waals surface area contributed by atoms with Gasteiger partial charge in [0, 0.05) is 31.7 Å². The number of benzene rings is 1. The van der Waals surface area contributed by atoms with Crippen molar-refractivity contribution in [3.8, 4) is 0 Å². The van der Waals surface area contributed by atoms with Gasteiger partial charge in [0.2, 0.25) is 5.91 Å². The summed E-state index contributed by atoms with van der Waals surface area (Å²) in [6.07, 6.45) is 2.04. The van der Waals surface area contributed by atoms with E-state index in [0.29, 0.717) is 48.6 Å². The molecule has 1 saturated heterocycles. The van der Waals surface area contributed by atoms with Gasteiger partial charge in [0.25, 0.3) is 5.91 Å². The van der Waals surface area contributed by atoms with Crippen molar-refractivity contribution in [2.24, 2.45) is 5.92 Å². The van der Waals surface area contributed by atoms with Crippen molar-refractivity contribution >= 4 is 17.8 Å². The summed E-state index contributed by atoms with van der Waals surface area (Å²) in [7, 11) is 1.33. The third kappa shape index (κ3) is 5.16. The average molecular weight is 426 g/mol. The van der Waals surface area contributed by atoms with Gasteiger partial charge in [-0.05, 0) is 56.2 Å². The van der Waals surface area contributed by atoms with E-state index in [1.807, 2.05) is 31.2 Å². The largest absolute Gasteiger partial charge is 0.465 e. The van der Waals surface area contributed by atoms with Crippen molar-refractivity contribution in [3.63, 3.8) is 0 Å². The van der Waals surface area contributed by atoms with Crippen LogP contribution in [0.1, 0.15) is 62.5 Å². The first-order chi connectivity index (χ1) is 14.8. The Morgan fingerprint density at radius 1 is 1.13 bits per heavy atom. The van der Waals surface area contributed by atoms with Crippen LogP contribution in [-0.4, -0.2) is 47.9 Å². The topological polar surface area (TPSA) is 91.5 Å². The molecule has 0 aliphatic carbocycles. The van der Waals surface area contributed by atoms with Crippen LogP contribution in [0, 0.1) is 26.7 Å². The molecule has 2 heterocycles. The average Bonchev–Trinajstić information content (AvgIpc) is 3.06. The quantitative estimate of drug-likeness (QED) is 0.695. The lowest BCUT2D eigenvalue weighted by molar-refractivity contribution is -0.122. The summed E-state index contributed by atoms with van der Waals surface area (Å²) >= 11 is 0. The van der Waals surface area contributed by atoms with Crippen LogP contribution >= 0.6 is 0 Å². The fourth-order valence-corrected chi connectivity index (χ4v) is 4.21. The van der Waals surface area contributed by atoms with Gasteiger partial charge in [0.05, 0.1) is 12.7 Å². The summed E-state index contributed by atoms with van der Waals surface area (Å²) in [5.41, 5.74) is 4.40. The van der Waals surface area contributed by atoms with E-state index < -0.39 is 5.97 Å². The molecule has 31 heavy (non-hydrogen) atoms. The van der Waals surface area contributed by atoms with Crippen molar-refractivity contribution in [2.45, 2.75) is 46.6 Å². The fourth-order valence-electron chi connectivity index (χ4n) is 4.21. The van der Waals surface area contributed by atoms with Crippen molar-refractivity contribution in [3.05, 3.63) is 57.9 Å². The molecule has 0 saturated carbocycles. The number of methoxy groups -OCH3 is 1. The number of hydrogen-bond donors (Lipinski definition) is 2.